The minimum Gasteiger partial charge on any atom is -0.490 e. The number of piperidine rings is 1. The van der Waals surface area contributed by atoms with E-state index in [0.29, 0.717) is 12.1 Å². The smallest absolute Gasteiger partial charge is 0.193 e. The van der Waals surface area contributed by atoms with Gasteiger partial charge in [-0.2, -0.15) is 0 Å². The lowest BCUT2D eigenvalue weighted by atomic mass is 10.1. The number of para-hydroxylation sites is 1. The van der Waals surface area contributed by atoms with Crippen molar-refractivity contribution in [3.05, 3.63) is 52.2 Å². The fraction of sp³-hybridized carbons (Fsp3) is 0.522. The molecule has 7 heteroatoms. The summed E-state index contributed by atoms with van der Waals surface area (Å²) in [6, 6.07) is 12.9. The quantitative estimate of drug-likeness (QED) is 0.350. The van der Waals surface area contributed by atoms with Crippen molar-refractivity contribution in [2.45, 2.75) is 44.9 Å². The summed E-state index contributed by atoms with van der Waals surface area (Å²) in [6.45, 7) is 7.42. The second-order valence-electron chi connectivity index (χ2n) is 7.98. The Bertz CT molecular complexity index is 805. The number of nitrogens with one attached hydrogen (secondary N) is 1. The van der Waals surface area contributed by atoms with E-state index >= 15 is 0 Å². The Morgan fingerprint density at radius 2 is 1.97 bits per heavy atom. The van der Waals surface area contributed by atoms with Crippen molar-refractivity contribution in [1.29, 1.82) is 0 Å². The number of rotatable bonds is 5. The standard InChI is InChI=1S/C23H32N4OS.HI/c1-18(27-14-10-22-19(17-27)11-15-29-22)16-25-23(24-2)26-12-8-21(9-13-26)28-20-6-4-3-5-7-20;/h3-7,11,15,18,21H,8-10,12-14,16-17H2,1-2H3,(H,24,25);1H. The van der Waals surface area contributed by atoms with Gasteiger partial charge in [-0.3, -0.25) is 9.89 Å². The molecular weight excluding hydrogens is 507 g/mol. The molecule has 3 heterocycles. The van der Waals surface area contributed by atoms with Gasteiger partial charge in [-0.05, 0) is 42.5 Å². The molecule has 2 aromatic rings. The minimum atomic E-state index is 0. The number of thiophene rings is 1. The lowest BCUT2D eigenvalue weighted by Gasteiger charge is -2.36. The van der Waals surface area contributed by atoms with Gasteiger partial charge in [0, 0.05) is 63.5 Å². The molecule has 1 N–H and O–H groups in total. The molecule has 0 saturated carbocycles. The van der Waals surface area contributed by atoms with Crippen LogP contribution in [0.2, 0.25) is 0 Å². The van der Waals surface area contributed by atoms with Crippen molar-refractivity contribution in [2.75, 3.05) is 33.2 Å². The third-order valence-corrected chi connectivity index (χ3v) is 7.04. The first-order valence-corrected chi connectivity index (χ1v) is 11.6. The molecule has 164 valence electrons. The number of hydrogen-bond donors (Lipinski definition) is 1. The van der Waals surface area contributed by atoms with Gasteiger partial charge in [-0.1, -0.05) is 18.2 Å². The van der Waals surface area contributed by atoms with Crippen molar-refractivity contribution >= 4 is 41.3 Å². The van der Waals surface area contributed by atoms with E-state index in [4.69, 9.17) is 4.74 Å². The number of nitrogens with zero attached hydrogens (tertiary/aromatic N) is 3. The first-order valence-electron chi connectivity index (χ1n) is 10.7. The van der Waals surface area contributed by atoms with E-state index in [9.17, 15) is 0 Å². The van der Waals surface area contributed by atoms with E-state index in [0.717, 1.165) is 57.3 Å². The molecule has 1 unspecified atom stereocenters. The molecule has 5 nitrogen and oxygen atoms in total. The monoisotopic (exact) mass is 540 g/mol. The highest BCUT2D eigenvalue weighted by Gasteiger charge is 2.25. The van der Waals surface area contributed by atoms with Crippen LogP contribution >= 0.6 is 35.3 Å². The predicted molar refractivity (Wildman–Crippen MR) is 136 cm³/mol. The summed E-state index contributed by atoms with van der Waals surface area (Å²) in [4.78, 5) is 11.1. The maximum Gasteiger partial charge on any atom is 0.193 e. The second kappa shape index (κ2) is 11.3. The van der Waals surface area contributed by atoms with Crippen LogP contribution in [0.1, 0.15) is 30.2 Å². The highest BCUT2D eigenvalue weighted by molar-refractivity contribution is 14.0. The van der Waals surface area contributed by atoms with Gasteiger partial charge in [0.2, 0.25) is 0 Å². The summed E-state index contributed by atoms with van der Waals surface area (Å²) in [7, 11) is 1.89. The molecular formula is C23H33IN4OS. The molecule has 4 rings (SSSR count). The van der Waals surface area contributed by atoms with E-state index in [2.05, 4.69) is 38.5 Å². The summed E-state index contributed by atoms with van der Waals surface area (Å²) in [5, 5.41) is 5.84. The lowest BCUT2D eigenvalue weighted by molar-refractivity contribution is 0.129. The molecule has 0 spiro atoms. The van der Waals surface area contributed by atoms with E-state index in [1.54, 1.807) is 4.88 Å². The average molecular weight is 541 g/mol. The van der Waals surface area contributed by atoms with Gasteiger partial charge in [0.25, 0.3) is 0 Å². The molecule has 2 aliphatic rings. The third-order valence-electron chi connectivity index (χ3n) is 6.02. The normalized spacial score (nSPS) is 19.0. The second-order valence-corrected chi connectivity index (χ2v) is 8.98. The van der Waals surface area contributed by atoms with Gasteiger partial charge < -0.3 is 15.0 Å². The van der Waals surface area contributed by atoms with E-state index in [-0.39, 0.29) is 24.0 Å². The van der Waals surface area contributed by atoms with Crippen molar-refractivity contribution in [3.8, 4) is 5.75 Å². The average Bonchev–Trinajstić information content (AvgIpc) is 3.24. The van der Waals surface area contributed by atoms with Gasteiger partial charge in [-0.25, -0.2) is 0 Å². The Balaban J connectivity index is 0.00000256. The van der Waals surface area contributed by atoms with E-state index in [1.165, 1.54) is 12.0 Å². The van der Waals surface area contributed by atoms with Crippen LogP contribution in [0.5, 0.6) is 5.75 Å². The Labute approximate surface area is 201 Å². The van der Waals surface area contributed by atoms with Crippen molar-refractivity contribution in [2.24, 2.45) is 4.99 Å². The number of guanidine groups is 1. The maximum absolute atomic E-state index is 6.12. The fourth-order valence-electron chi connectivity index (χ4n) is 4.22. The van der Waals surface area contributed by atoms with E-state index in [1.807, 2.05) is 48.7 Å². The Kier molecular flexibility index (Phi) is 8.83. The number of fused-ring (bicyclic) bond motifs is 1. The van der Waals surface area contributed by atoms with Gasteiger partial charge >= 0.3 is 0 Å². The molecule has 0 bridgehead atoms. The van der Waals surface area contributed by atoms with Crippen LogP contribution in [-0.2, 0) is 13.0 Å². The van der Waals surface area contributed by atoms with Gasteiger partial charge in [0.05, 0.1) is 0 Å². The first-order chi connectivity index (χ1) is 14.2. The zero-order chi connectivity index (χ0) is 20.1. The molecule has 30 heavy (non-hydrogen) atoms. The van der Waals surface area contributed by atoms with Crippen LogP contribution in [0.15, 0.2) is 46.8 Å². The number of benzene rings is 1. The minimum absolute atomic E-state index is 0. The first kappa shape index (κ1) is 23.3. The highest BCUT2D eigenvalue weighted by Crippen LogP contribution is 2.25. The summed E-state index contributed by atoms with van der Waals surface area (Å²) >= 11 is 1.90. The van der Waals surface area contributed by atoms with Crippen LogP contribution in [0.4, 0.5) is 0 Å². The summed E-state index contributed by atoms with van der Waals surface area (Å²) in [5.74, 6) is 1.99. The topological polar surface area (TPSA) is 40.1 Å². The van der Waals surface area contributed by atoms with Crippen LogP contribution in [0.25, 0.3) is 0 Å². The maximum atomic E-state index is 6.12. The fourth-order valence-corrected chi connectivity index (χ4v) is 5.11. The molecule has 0 radical (unpaired) electrons. The largest absolute Gasteiger partial charge is 0.490 e. The summed E-state index contributed by atoms with van der Waals surface area (Å²) < 4.78 is 6.12. The summed E-state index contributed by atoms with van der Waals surface area (Å²) in [6.07, 6.45) is 3.52. The Morgan fingerprint density at radius 3 is 2.70 bits per heavy atom. The summed E-state index contributed by atoms with van der Waals surface area (Å²) in [5.41, 5.74) is 1.51. The number of likely N-dealkylation sites (tertiary alicyclic amines) is 1. The third kappa shape index (κ3) is 5.88. The lowest BCUT2D eigenvalue weighted by Crippen LogP contribution is -2.51. The van der Waals surface area contributed by atoms with Crippen molar-refractivity contribution in [1.82, 2.24) is 15.1 Å². The van der Waals surface area contributed by atoms with Gasteiger partial charge in [-0.15, -0.1) is 35.3 Å². The number of hydrogen-bond acceptors (Lipinski definition) is 4. The van der Waals surface area contributed by atoms with Gasteiger partial charge in [0.1, 0.15) is 11.9 Å². The molecule has 1 atom stereocenters. The molecule has 1 saturated heterocycles. The van der Waals surface area contributed by atoms with Crippen LogP contribution in [-0.4, -0.2) is 61.1 Å². The Hall–Kier alpha value is -1.32. The predicted octanol–water partition coefficient (Wildman–Crippen LogP) is 4.23. The molecule has 1 fully saturated rings. The molecule has 0 amide bonds. The molecule has 1 aromatic heterocycles. The van der Waals surface area contributed by atoms with Gasteiger partial charge in [0.15, 0.2) is 5.96 Å². The SMILES string of the molecule is CN=C(NCC(C)N1CCc2sccc2C1)N1CCC(Oc2ccccc2)CC1.I. The molecule has 2 aliphatic heterocycles. The zero-order valence-electron chi connectivity index (χ0n) is 17.9. The molecule has 1 aromatic carbocycles. The van der Waals surface area contributed by atoms with Crippen LogP contribution in [0, 0.1) is 0 Å². The Morgan fingerprint density at radius 1 is 1.20 bits per heavy atom. The number of halogens is 1. The van der Waals surface area contributed by atoms with E-state index < -0.39 is 0 Å². The van der Waals surface area contributed by atoms with Crippen LogP contribution < -0.4 is 10.1 Å². The van der Waals surface area contributed by atoms with Crippen LogP contribution in [0.3, 0.4) is 0 Å². The van der Waals surface area contributed by atoms with Crippen molar-refractivity contribution < 1.29 is 4.74 Å². The number of aliphatic imine (C=N–C) groups is 1. The molecule has 0 aliphatic carbocycles. The van der Waals surface area contributed by atoms with Crippen molar-refractivity contribution in [3.63, 3.8) is 0 Å². The number of ether oxygens (including phenoxy) is 1. The highest BCUT2D eigenvalue weighted by atomic mass is 127. The zero-order valence-corrected chi connectivity index (χ0v) is 21.1.